The molecule has 0 radical (unpaired) electrons. The fourth-order valence-corrected chi connectivity index (χ4v) is 5.03. The van der Waals surface area contributed by atoms with Crippen LogP contribution in [0.15, 0.2) is 53.6 Å². The number of nitrogens with one attached hydrogen (secondary N) is 1. The van der Waals surface area contributed by atoms with E-state index in [0.29, 0.717) is 5.69 Å². The highest BCUT2D eigenvalue weighted by atomic mass is 32.2. The van der Waals surface area contributed by atoms with Crippen LogP contribution in [0.25, 0.3) is 11.3 Å². The molecule has 32 heavy (non-hydrogen) atoms. The Bertz CT molecular complexity index is 1300. The molecule has 3 aromatic rings. The molecule has 0 spiro atoms. The van der Waals surface area contributed by atoms with Crippen molar-refractivity contribution in [2.24, 2.45) is 0 Å². The van der Waals surface area contributed by atoms with Gasteiger partial charge in [0.1, 0.15) is 5.82 Å². The Morgan fingerprint density at radius 1 is 1.09 bits per heavy atom. The third-order valence-electron chi connectivity index (χ3n) is 5.81. The molecule has 4 rings (SSSR count). The van der Waals surface area contributed by atoms with E-state index in [1.54, 1.807) is 6.07 Å². The molecule has 0 bridgehead atoms. The Morgan fingerprint density at radius 3 is 2.50 bits per heavy atom. The average molecular weight is 451 g/mol. The zero-order valence-corrected chi connectivity index (χ0v) is 19.2. The Kier molecular flexibility index (Phi) is 5.50. The van der Waals surface area contributed by atoms with Gasteiger partial charge in [-0.15, -0.1) is 0 Å². The molecule has 166 valence electrons. The van der Waals surface area contributed by atoms with E-state index in [-0.39, 0.29) is 21.8 Å². The van der Waals surface area contributed by atoms with Gasteiger partial charge in [-0.2, -0.15) is 8.42 Å². The number of hydrogen-bond donors (Lipinski definition) is 2. The normalized spacial score (nSPS) is 15.1. The van der Waals surface area contributed by atoms with Crippen LogP contribution >= 0.6 is 0 Å². The van der Waals surface area contributed by atoms with Crippen molar-refractivity contribution < 1.29 is 13.2 Å². The van der Waals surface area contributed by atoms with E-state index in [1.165, 1.54) is 18.2 Å². The summed E-state index contributed by atoms with van der Waals surface area (Å²) in [5.74, 6) is -0.693. The van der Waals surface area contributed by atoms with Crippen LogP contribution in [-0.2, 0) is 21.9 Å². The largest absolute Gasteiger partial charge is 0.384 e. The third kappa shape index (κ3) is 4.23. The molecule has 7 nitrogen and oxygen atoms in total. The van der Waals surface area contributed by atoms with Gasteiger partial charge in [-0.3, -0.25) is 9.78 Å². The molecule has 0 fully saturated rings. The summed E-state index contributed by atoms with van der Waals surface area (Å²) < 4.78 is 27.7. The summed E-state index contributed by atoms with van der Waals surface area (Å²) in [5, 5.41) is -0.310. The summed E-state index contributed by atoms with van der Waals surface area (Å²) in [6.45, 7) is 6.27. The Labute approximate surface area is 188 Å². The second kappa shape index (κ2) is 8.02. The van der Waals surface area contributed by atoms with Crippen molar-refractivity contribution in [3.63, 3.8) is 0 Å². The Hall–Kier alpha value is -3.26. The molecule has 1 aliphatic rings. The van der Waals surface area contributed by atoms with E-state index in [9.17, 15) is 13.2 Å². The van der Waals surface area contributed by atoms with Gasteiger partial charge in [0, 0.05) is 16.7 Å². The van der Waals surface area contributed by atoms with E-state index in [0.717, 1.165) is 41.6 Å². The average Bonchev–Trinajstić information content (AvgIpc) is 2.73. The number of amides is 1. The Morgan fingerprint density at radius 2 is 1.81 bits per heavy atom. The number of carbonyl (C=O) groups is 1. The van der Waals surface area contributed by atoms with Gasteiger partial charge in [0.2, 0.25) is 0 Å². The zero-order valence-electron chi connectivity index (χ0n) is 18.3. The van der Waals surface area contributed by atoms with Crippen LogP contribution in [0, 0.1) is 6.92 Å². The van der Waals surface area contributed by atoms with Crippen LogP contribution in [0.5, 0.6) is 0 Å². The van der Waals surface area contributed by atoms with Gasteiger partial charge < -0.3 is 5.73 Å². The lowest BCUT2D eigenvalue weighted by atomic mass is 9.75. The Balaban J connectivity index is 1.82. The highest BCUT2D eigenvalue weighted by Crippen LogP contribution is 2.38. The number of sulfonamides is 1. The minimum atomic E-state index is -4.20. The number of nitrogens with two attached hydrogens (primary N) is 1. The number of nitrogens with zero attached hydrogens (tertiary/aromatic N) is 2. The quantitative estimate of drug-likeness (QED) is 0.625. The van der Waals surface area contributed by atoms with Crippen molar-refractivity contribution in [2.45, 2.75) is 50.5 Å². The number of nitrogen functional groups attached to an aromatic ring is 1. The standard InChI is InChI=1S/C24H26N4O3S/c1-15-9-11-16(12-10-15)21-18(14-17-6-5-13-24(2,3)22(17)27-21)23(29)28-32(30,31)20-8-4-7-19(25)26-20/h4,7-12,14H,5-6,13H2,1-3H3,(H2,25,26)(H,28,29). The van der Waals surface area contributed by atoms with Gasteiger partial charge in [-0.05, 0) is 49.9 Å². The molecule has 2 heterocycles. The van der Waals surface area contributed by atoms with Gasteiger partial charge in [0.25, 0.3) is 15.9 Å². The van der Waals surface area contributed by atoms with Gasteiger partial charge in [0.05, 0.1) is 11.3 Å². The van der Waals surface area contributed by atoms with Crippen LogP contribution in [0.2, 0.25) is 0 Å². The van der Waals surface area contributed by atoms with Crippen molar-refractivity contribution in [1.82, 2.24) is 14.7 Å². The number of benzene rings is 1. The minimum absolute atomic E-state index is 0.0540. The number of aromatic nitrogens is 2. The number of aryl methyl sites for hydroxylation is 2. The monoisotopic (exact) mass is 450 g/mol. The molecule has 0 saturated heterocycles. The summed E-state index contributed by atoms with van der Waals surface area (Å²) in [6.07, 6.45) is 2.78. The van der Waals surface area contributed by atoms with Crippen molar-refractivity contribution in [1.29, 1.82) is 0 Å². The fraction of sp³-hybridized carbons (Fsp3) is 0.292. The van der Waals surface area contributed by atoms with E-state index < -0.39 is 15.9 Å². The molecule has 1 aliphatic carbocycles. The SMILES string of the molecule is Cc1ccc(-c2nc3c(cc2C(=O)NS(=O)(=O)c2cccc(N)n2)CCCC3(C)C)cc1. The predicted molar refractivity (Wildman–Crippen MR) is 124 cm³/mol. The summed E-state index contributed by atoms with van der Waals surface area (Å²) >= 11 is 0. The molecule has 0 atom stereocenters. The number of carbonyl (C=O) groups excluding carboxylic acids is 1. The zero-order chi connectivity index (χ0) is 23.1. The molecule has 8 heteroatoms. The number of fused-ring (bicyclic) bond motifs is 1. The lowest BCUT2D eigenvalue weighted by molar-refractivity contribution is 0.0981. The van der Waals surface area contributed by atoms with Crippen molar-refractivity contribution in [3.05, 3.63) is 70.9 Å². The molecule has 1 amide bonds. The van der Waals surface area contributed by atoms with Crippen LogP contribution in [0.3, 0.4) is 0 Å². The smallest absolute Gasteiger partial charge is 0.281 e. The maximum absolute atomic E-state index is 13.2. The van der Waals surface area contributed by atoms with Crippen LogP contribution in [0.4, 0.5) is 5.82 Å². The molecule has 0 unspecified atom stereocenters. The topological polar surface area (TPSA) is 115 Å². The molecular formula is C24H26N4O3S. The summed E-state index contributed by atoms with van der Waals surface area (Å²) in [5.41, 5.74) is 9.93. The van der Waals surface area contributed by atoms with E-state index in [4.69, 9.17) is 10.7 Å². The van der Waals surface area contributed by atoms with Crippen LogP contribution in [0.1, 0.15) is 53.9 Å². The van der Waals surface area contributed by atoms with Gasteiger partial charge >= 0.3 is 0 Å². The second-order valence-corrected chi connectivity index (χ2v) is 10.5. The maximum atomic E-state index is 13.2. The first-order valence-electron chi connectivity index (χ1n) is 10.5. The molecule has 2 aromatic heterocycles. The number of pyridine rings is 2. The van der Waals surface area contributed by atoms with Gasteiger partial charge in [-0.25, -0.2) is 9.71 Å². The number of hydrogen-bond acceptors (Lipinski definition) is 6. The molecule has 0 saturated carbocycles. The highest BCUT2D eigenvalue weighted by Gasteiger charge is 2.32. The lowest BCUT2D eigenvalue weighted by Gasteiger charge is -2.32. The lowest BCUT2D eigenvalue weighted by Crippen LogP contribution is -2.33. The number of anilines is 1. The number of rotatable bonds is 4. The van der Waals surface area contributed by atoms with Gasteiger partial charge in [0.15, 0.2) is 5.03 Å². The van der Waals surface area contributed by atoms with Gasteiger partial charge in [-0.1, -0.05) is 49.7 Å². The predicted octanol–water partition coefficient (Wildman–Crippen LogP) is 3.77. The van der Waals surface area contributed by atoms with Crippen LogP contribution < -0.4 is 10.5 Å². The van der Waals surface area contributed by atoms with E-state index in [1.807, 2.05) is 31.2 Å². The highest BCUT2D eigenvalue weighted by molar-refractivity contribution is 7.90. The van der Waals surface area contributed by atoms with Crippen LogP contribution in [-0.4, -0.2) is 24.3 Å². The summed E-state index contributed by atoms with van der Waals surface area (Å²) in [6, 6.07) is 13.7. The van der Waals surface area contributed by atoms with Crippen molar-refractivity contribution in [2.75, 3.05) is 5.73 Å². The molecule has 1 aromatic carbocycles. The molecular weight excluding hydrogens is 424 g/mol. The molecule has 0 aliphatic heterocycles. The van der Waals surface area contributed by atoms with Crippen molar-refractivity contribution in [3.8, 4) is 11.3 Å². The maximum Gasteiger partial charge on any atom is 0.281 e. The fourth-order valence-electron chi connectivity index (χ4n) is 4.08. The first kappa shape index (κ1) is 22.0. The summed E-state index contributed by atoms with van der Waals surface area (Å²) in [4.78, 5) is 22.0. The van der Waals surface area contributed by atoms with Crippen molar-refractivity contribution >= 4 is 21.7 Å². The van der Waals surface area contributed by atoms with E-state index in [2.05, 4.69) is 23.6 Å². The van der Waals surface area contributed by atoms with E-state index >= 15 is 0 Å². The first-order valence-corrected chi connectivity index (χ1v) is 12.0. The first-order chi connectivity index (χ1) is 15.1. The summed E-state index contributed by atoms with van der Waals surface area (Å²) in [7, 11) is -4.20. The molecule has 3 N–H and O–H groups in total. The minimum Gasteiger partial charge on any atom is -0.384 e. The third-order valence-corrected chi connectivity index (χ3v) is 7.04. The second-order valence-electron chi connectivity index (χ2n) is 8.83.